The van der Waals surface area contributed by atoms with E-state index in [9.17, 15) is 14.0 Å². The zero-order valence-electron chi connectivity index (χ0n) is 11.6. The molecule has 0 spiro atoms. The van der Waals surface area contributed by atoms with E-state index < -0.39 is 17.6 Å². The molecule has 1 aromatic heterocycles. The minimum Gasteiger partial charge on any atom is -0.444 e. The summed E-state index contributed by atoms with van der Waals surface area (Å²) in [7, 11) is 0. The van der Waals surface area contributed by atoms with Gasteiger partial charge in [0.2, 0.25) is 5.95 Å². The van der Waals surface area contributed by atoms with Crippen LogP contribution < -0.4 is 5.32 Å². The van der Waals surface area contributed by atoms with Gasteiger partial charge in [-0.3, -0.25) is 4.79 Å². The number of amides is 1. The number of aromatic nitrogens is 1. The monoisotopic (exact) mass is 280 g/mol. The van der Waals surface area contributed by atoms with Gasteiger partial charge in [-0.05, 0) is 32.4 Å². The van der Waals surface area contributed by atoms with E-state index in [4.69, 9.17) is 4.74 Å². The molecule has 0 fully saturated rings. The summed E-state index contributed by atoms with van der Waals surface area (Å²) in [5.41, 5.74) is -0.272. The second-order valence-electron chi connectivity index (χ2n) is 5.01. The minimum absolute atomic E-state index is 0.110. The minimum atomic E-state index is -0.817. The lowest BCUT2D eigenvalue weighted by molar-refractivity contribution is 0.0534. The van der Waals surface area contributed by atoms with Crippen molar-refractivity contribution < 1.29 is 18.7 Å². The zero-order chi connectivity index (χ0) is 15.2. The summed E-state index contributed by atoms with van der Waals surface area (Å²) < 4.78 is 18.3. The molecule has 0 atom stereocenters. The van der Waals surface area contributed by atoms with Crippen LogP contribution in [-0.2, 0) is 4.74 Å². The fraction of sp³-hybridized carbons (Fsp3) is 0.357. The predicted octanol–water partition coefficient (Wildman–Crippen LogP) is 2.57. The third-order valence-corrected chi connectivity index (χ3v) is 2.15. The predicted molar refractivity (Wildman–Crippen MR) is 72.9 cm³/mol. The number of nitrogens with zero attached hydrogens (tertiary/aromatic N) is 1. The van der Waals surface area contributed by atoms with Crippen molar-refractivity contribution in [3.8, 4) is 0 Å². The Hall–Kier alpha value is -2.24. The maximum atomic E-state index is 13.2. The summed E-state index contributed by atoms with van der Waals surface area (Å²) in [6, 6.07) is 1.51. The molecule has 1 aromatic rings. The summed E-state index contributed by atoms with van der Waals surface area (Å²) in [4.78, 5) is 25.5. The van der Waals surface area contributed by atoms with E-state index in [2.05, 4.69) is 10.3 Å². The van der Waals surface area contributed by atoms with E-state index >= 15 is 0 Å². The molecule has 0 unspecified atom stereocenters. The van der Waals surface area contributed by atoms with E-state index in [1.54, 1.807) is 26.8 Å². The van der Waals surface area contributed by atoms with Gasteiger partial charge >= 0.3 is 6.09 Å². The number of pyridine rings is 1. The summed E-state index contributed by atoms with van der Waals surface area (Å²) in [6.45, 7) is 5.49. The molecule has 0 aliphatic carbocycles. The standard InChI is InChI=1S/C14H17FN2O3/c1-14(2,3)20-13(19)17-7-4-5-10-6-8-16-12(15)11(10)9-18/h4-6,8-9H,7H2,1-3H3,(H,17,19). The van der Waals surface area contributed by atoms with Crippen LogP contribution >= 0.6 is 0 Å². The maximum absolute atomic E-state index is 13.2. The highest BCUT2D eigenvalue weighted by molar-refractivity contribution is 5.81. The Labute approximate surface area is 116 Å². The molecule has 5 nitrogen and oxygen atoms in total. The first-order valence-electron chi connectivity index (χ1n) is 6.06. The van der Waals surface area contributed by atoms with Crippen molar-refractivity contribution in [2.45, 2.75) is 26.4 Å². The highest BCUT2D eigenvalue weighted by Gasteiger charge is 2.15. The number of rotatable bonds is 4. The number of aldehydes is 1. The SMILES string of the molecule is CC(C)(C)OC(=O)NCC=Cc1ccnc(F)c1C=O. The van der Waals surface area contributed by atoms with Crippen LogP contribution in [0.2, 0.25) is 0 Å². The average molecular weight is 280 g/mol. The second kappa shape index (κ2) is 6.79. The van der Waals surface area contributed by atoms with E-state index in [0.29, 0.717) is 11.8 Å². The molecule has 0 aliphatic rings. The van der Waals surface area contributed by atoms with Crippen molar-refractivity contribution in [1.29, 1.82) is 0 Å². The van der Waals surface area contributed by atoms with Gasteiger partial charge in [-0.15, -0.1) is 0 Å². The van der Waals surface area contributed by atoms with Crippen molar-refractivity contribution in [2.75, 3.05) is 6.54 Å². The summed E-state index contributed by atoms with van der Waals surface area (Å²) >= 11 is 0. The Kier molecular flexibility index (Phi) is 5.37. The molecular formula is C14H17FN2O3. The van der Waals surface area contributed by atoms with E-state index in [0.717, 1.165) is 0 Å². The molecule has 6 heteroatoms. The van der Waals surface area contributed by atoms with Crippen LogP contribution in [0.5, 0.6) is 0 Å². The van der Waals surface area contributed by atoms with Crippen molar-refractivity contribution in [3.63, 3.8) is 0 Å². The second-order valence-corrected chi connectivity index (χ2v) is 5.01. The molecule has 0 saturated heterocycles. The quantitative estimate of drug-likeness (QED) is 0.680. The smallest absolute Gasteiger partial charge is 0.407 e. The van der Waals surface area contributed by atoms with Crippen LogP contribution in [-0.4, -0.2) is 29.5 Å². The van der Waals surface area contributed by atoms with Crippen LogP contribution in [0.1, 0.15) is 36.7 Å². The molecule has 1 amide bonds. The molecule has 20 heavy (non-hydrogen) atoms. The fourth-order valence-corrected chi connectivity index (χ4v) is 1.37. The number of nitrogens with one attached hydrogen (secondary N) is 1. The number of hydrogen-bond acceptors (Lipinski definition) is 4. The molecular weight excluding hydrogens is 263 g/mol. The van der Waals surface area contributed by atoms with Crippen molar-refractivity contribution in [3.05, 3.63) is 35.4 Å². The van der Waals surface area contributed by atoms with E-state index in [1.165, 1.54) is 18.3 Å². The molecule has 108 valence electrons. The fourth-order valence-electron chi connectivity index (χ4n) is 1.37. The van der Waals surface area contributed by atoms with Gasteiger partial charge in [-0.25, -0.2) is 9.78 Å². The lowest BCUT2D eigenvalue weighted by Crippen LogP contribution is -2.32. The normalized spacial score (nSPS) is 11.4. The number of carbonyl (C=O) groups excluding carboxylic acids is 2. The molecule has 1 heterocycles. The summed E-state index contributed by atoms with van der Waals surface area (Å²) in [5.74, 6) is -0.817. The number of carbonyl (C=O) groups is 2. The van der Waals surface area contributed by atoms with Crippen LogP contribution in [0.15, 0.2) is 18.3 Å². The van der Waals surface area contributed by atoms with Gasteiger partial charge in [0.15, 0.2) is 6.29 Å². The van der Waals surface area contributed by atoms with Crippen molar-refractivity contribution >= 4 is 18.5 Å². The molecule has 1 rings (SSSR count). The Balaban J connectivity index is 2.56. The first kappa shape index (κ1) is 15.8. The average Bonchev–Trinajstić information content (AvgIpc) is 2.32. The van der Waals surface area contributed by atoms with Gasteiger partial charge in [0.1, 0.15) is 5.60 Å². The molecule has 0 bridgehead atoms. The molecule has 0 saturated carbocycles. The van der Waals surface area contributed by atoms with Gasteiger partial charge in [-0.2, -0.15) is 4.39 Å². The van der Waals surface area contributed by atoms with Crippen LogP contribution in [0.25, 0.3) is 6.08 Å². The van der Waals surface area contributed by atoms with E-state index in [-0.39, 0.29) is 12.1 Å². The third kappa shape index (κ3) is 5.17. The van der Waals surface area contributed by atoms with Crippen LogP contribution in [0, 0.1) is 5.95 Å². The Morgan fingerprint density at radius 3 is 2.80 bits per heavy atom. The largest absolute Gasteiger partial charge is 0.444 e. The number of halogens is 1. The van der Waals surface area contributed by atoms with Crippen LogP contribution in [0.3, 0.4) is 0 Å². The lowest BCUT2D eigenvalue weighted by atomic mass is 10.1. The highest BCUT2D eigenvalue weighted by Crippen LogP contribution is 2.10. The first-order chi connectivity index (χ1) is 9.33. The first-order valence-corrected chi connectivity index (χ1v) is 6.06. The maximum Gasteiger partial charge on any atom is 0.407 e. The van der Waals surface area contributed by atoms with Crippen molar-refractivity contribution in [1.82, 2.24) is 10.3 Å². The Morgan fingerprint density at radius 1 is 1.50 bits per heavy atom. The van der Waals surface area contributed by atoms with Gasteiger partial charge in [0.05, 0.1) is 5.56 Å². The zero-order valence-corrected chi connectivity index (χ0v) is 11.6. The molecule has 0 aliphatic heterocycles. The molecule has 1 N–H and O–H groups in total. The number of hydrogen-bond donors (Lipinski definition) is 1. The van der Waals surface area contributed by atoms with Gasteiger partial charge < -0.3 is 10.1 Å². The van der Waals surface area contributed by atoms with Crippen LogP contribution in [0.4, 0.5) is 9.18 Å². The summed E-state index contributed by atoms with van der Waals surface area (Å²) in [6.07, 6.45) is 4.25. The van der Waals surface area contributed by atoms with Gasteiger partial charge in [0, 0.05) is 12.7 Å². The van der Waals surface area contributed by atoms with E-state index in [1.807, 2.05) is 0 Å². The molecule has 0 aromatic carbocycles. The number of alkyl carbamates (subject to hydrolysis) is 1. The van der Waals surface area contributed by atoms with Gasteiger partial charge in [0.25, 0.3) is 0 Å². The lowest BCUT2D eigenvalue weighted by Gasteiger charge is -2.19. The third-order valence-electron chi connectivity index (χ3n) is 2.15. The number of ether oxygens (including phenoxy) is 1. The Bertz CT molecular complexity index is 522. The molecule has 0 radical (unpaired) electrons. The highest BCUT2D eigenvalue weighted by atomic mass is 19.1. The topological polar surface area (TPSA) is 68.3 Å². The Morgan fingerprint density at radius 2 is 2.20 bits per heavy atom. The van der Waals surface area contributed by atoms with Crippen molar-refractivity contribution in [2.24, 2.45) is 0 Å². The summed E-state index contributed by atoms with van der Waals surface area (Å²) in [5, 5.41) is 2.52. The van der Waals surface area contributed by atoms with Gasteiger partial charge in [-0.1, -0.05) is 12.2 Å².